The van der Waals surface area contributed by atoms with Crippen LogP contribution in [0.25, 0.3) is 0 Å². The van der Waals surface area contributed by atoms with Crippen LogP contribution in [0.1, 0.15) is 17.3 Å². The van der Waals surface area contributed by atoms with Crippen LogP contribution < -0.4 is 10.6 Å². The molecule has 7 heteroatoms. The average Bonchev–Trinajstić information content (AvgIpc) is 2.70. The number of nitrogens with two attached hydrogens (primary N) is 1. The molecule has 0 bridgehead atoms. The van der Waals surface area contributed by atoms with E-state index in [0.29, 0.717) is 10.8 Å². The van der Waals surface area contributed by atoms with Crippen LogP contribution in [-0.2, 0) is 4.74 Å². The molecule has 1 unspecified atom stereocenters. The maximum atomic E-state index is 11.7. The van der Waals surface area contributed by atoms with Crippen molar-refractivity contribution in [2.75, 3.05) is 36.6 Å². The van der Waals surface area contributed by atoms with Crippen molar-refractivity contribution in [1.82, 2.24) is 4.37 Å². The van der Waals surface area contributed by atoms with Crippen molar-refractivity contribution in [3.63, 3.8) is 0 Å². The molecule has 1 saturated heterocycles. The number of carbonyl (C=O) groups is 1. The Labute approximate surface area is 108 Å². The predicted octanol–water partition coefficient (Wildman–Crippen LogP) is 1.45. The maximum absolute atomic E-state index is 11.7. The number of aromatic nitrogens is 1. The smallest absolute Gasteiger partial charge is 0.344 e. The minimum Gasteiger partial charge on any atom is -0.465 e. The highest BCUT2D eigenvalue weighted by molar-refractivity contribution is 8.00. The largest absolute Gasteiger partial charge is 0.465 e. The van der Waals surface area contributed by atoms with Crippen LogP contribution in [0, 0.1) is 0 Å². The molecule has 1 atom stereocenters. The first-order valence-electron chi connectivity index (χ1n) is 5.33. The van der Waals surface area contributed by atoms with Gasteiger partial charge < -0.3 is 15.4 Å². The van der Waals surface area contributed by atoms with Gasteiger partial charge in [-0.15, -0.1) is 0 Å². The molecule has 0 spiro atoms. The van der Waals surface area contributed by atoms with Crippen molar-refractivity contribution < 1.29 is 9.53 Å². The van der Waals surface area contributed by atoms with E-state index in [0.717, 1.165) is 23.8 Å². The van der Waals surface area contributed by atoms with Crippen LogP contribution in [0.15, 0.2) is 0 Å². The summed E-state index contributed by atoms with van der Waals surface area (Å²) in [5, 5.41) is 1.39. The van der Waals surface area contributed by atoms with Gasteiger partial charge in [0, 0.05) is 24.1 Å². The van der Waals surface area contributed by atoms with Crippen molar-refractivity contribution in [1.29, 1.82) is 0 Å². The number of ether oxygens (including phenoxy) is 1. The Morgan fingerprint density at radius 2 is 2.41 bits per heavy atom. The summed E-state index contributed by atoms with van der Waals surface area (Å²) in [6, 6.07) is 0. The molecule has 1 fully saturated rings. The van der Waals surface area contributed by atoms with Gasteiger partial charge in [-0.3, -0.25) is 0 Å². The first-order valence-corrected chi connectivity index (χ1v) is 7.15. The zero-order valence-corrected chi connectivity index (χ0v) is 11.4. The molecule has 0 amide bonds. The van der Waals surface area contributed by atoms with E-state index in [-0.39, 0.29) is 5.82 Å². The Bertz CT molecular complexity index is 422. The van der Waals surface area contributed by atoms with E-state index >= 15 is 0 Å². The number of rotatable bonds is 2. The summed E-state index contributed by atoms with van der Waals surface area (Å²) in [5.74, 6) is 0.916. The van der Waals surface area contributed by atoms with Crippen LogP contribution in [0.5, 0.6) is 0 Å². The lowest BCUT2D eigenvalue weighted by atomic mass is 10.3. The summed E-state index contributed by atoms with van der Waals surface area (Å²) < 4.78 is 8.81. The number of esters is 1. The van der Waals surface area contributed by atoms with Gasteiger partial charge in [-0.2, -0.15) is 16.1 Å². The molecule has 1 aliphatic rings. The molecular weight excluding hydrogens is 258 g/mol. The van der Waals surface area contributed by atoms with Crippen molar-refractivity contribution in [2.45, 2.75) is 12.2 Å². The van der Waals surface area contributed by atoms with Gasteiger partial charge in [0.2, 0.25) is 0 Å². The monoisotopic (exact) mass is 273 g/mol. The number of hydrogen-bond acceptors (Lipinski definition) is 7. The lowest BCUT2D eigenvalue weighted by Gasteiger charge is -2.31. The molecule has 17 heavy (non-hydrogen) atoms. The molecule has 5 nitrogen and oxygen atoms in total. The van der Waals surface area contributed by atoms with Gasteiger partial charge in [0.25, 0.3) is 0 Å². The lowest BCUT2D eigenvalue weighted by Crippen LogP contribution is -2.36. The molecule has 1 aromatic heterocycles. The Hall–Kier alpha value is -0.950. The molecule has 0 radical (unpaired) electrons. The van der Waals surface area contributed by atoms with Crippen LogP contribution in [-0.4, -0.2) is 41.5 Å². The second-order valence-electron chi connectivity index (χ2n) is 3.87. The highest BCUT2D eigenvalue weighted by Gasteiger charge is 2.26. The summed E-state index contributed by atoms with van der Waals surface area (Å²) in [6.45, 7) is 4.01. The second kappa shape index (κ2) is 5.14. The van der Waals surface area contributed by atoms with Gasteiger partial charge in [-0.05, 0) is 11.5 Å². The first kappa shape index (κ1) is 12.5. The van der Waals surface area contributed by atoms with E-state index in [1.165, 1.54) is 18.6 Å². The van der Waals surface area contributed by atoms with Gasteiger partial charge in [0.15, 0.2) is 5.82 Å². The fourth-order valence-electron chi connectivity index (χ4n) is 1.81. The van der Waals surface area contributed by atoms with Gasteiger partial charge in [0.1, 0.15) is 10.6 Å². The fraction of sp³-hybridized carbons (Fsp3) is 0.600. The molecule has 2 heterocycles. The van der Waals surface area contributed by atoms with Gasteiger partial charge >= 0.3 is 5.97 Å². The molecule has 0 aliphatic carbocycles. The van der Waals surface area contributed by atoms with Gasteiger partial charge in [-0.1, -0.05) is 6.92 Å². The third-order valence-corrected chi connectivity index (χ3v) is 4.68. The SMILES string of the molecule is COC(=O)c1c(N)nsc1N1CCSC(C)C1. The van der Waals surface area contributed by atoms with Crippen molar-refractivity contribution in [3.8, 4) is 0 Å². The lowest BCUT2D eigenvalue weighted by molar-refractivity contribution is 0.0603. The number of nitrogen functional groups attached to an aromatic ring is 1. The van der Waals surface area contributed by atoms with Crippen LogP contribution in [0.2, 0.25) is 0 Å². The Kier molecular flexibility index (Phi) is 3.78. The number of carbonyl (C=O) groups excluding carboxylic acids is 1. The molecule has 2 rings (SSSR count). The predicted molar refractivity (Wildman–Crippen MR) is 72.0 cm³/mol. The minimum absolute atomic E-state index is 0.266. The molecular formula is C10H15N3O2S2. The van der Waals surface area contributed by atoms with Crippen LogP contribution >= 0.6 is 23.3 Å². The molecule has 94 valence electrons. The zero-order chi connectivity index (χ0) is 12.4. The zero-order valence-electron chi connectivity index (χ0n) is 9.80. The molecule has 1 aromatic rings. The molecule has 0 aromatic carbocycles. The van der Waals surface area contributed by atoms with E-state index in [1.807, 2.05) is 11.8 Å². The summed E-state index contributed by atoms with van der Waals surface area (Å²) in [6.07, 6.45) is 0. The van der Waals surface area contributed by atoms with Crippen LogP contribution in [0.3, 0.4) is 0 Å². The van der Waals surface area contributed by atoms with Crippen LogP contribution in [0.4, 0.5) is 10.8 Å². The summed E-state index contributed by atoms with van der Waals surface area (Å²) >= 11 is 3.21. The number of thioether (sulfide) groups is 1. The number of anilines is 2. The topological polar surface area (TPSA) is 68.5 Å². The molecule has 2 N–H and O–H groups in total. The summed E-state index contributed by atoms with van der Waals surface area (Å²) in [5.41, 5.74) is 6.14. The van der Waals surface area contributed by atoms with E-state index in [4.69, 9.17) is 10.5 Å². The minimum atomic E-state index is -0.405. The van der Waals surface area contributed by atoms with Crippen molar-refractivity contribution >= 4 is 40.1 Å². The standard InChI is InChI=1S/C10H15N3O2S2/c1-6-5-13(3-4-16-6)9-7(10(14)15-2)8(11)12-17-9/h6H,3-5H2,1-2H3,(H2,11,12). The maximum Gasteiger partial charge on any atom is 0.344 e. The van der Waals surface area contributed by atoms with E-state index < -0.39 is 5.97 Å². The third kappa shape index (κ3) is 2.50. The normalized spacial score (nSPS) is 20.4. The first-order chi connectivity index (χ1) is 8.13. The Balaban J connectivity index is 2.28. The summed E-state index contributed by atoms with van der Waals surface area (Å²) in [7, 11) is 1.36. The quantitative estimate of drug-likeness (QED) is 0.823. The highest BCUT2D eigenvalue weighted by atomic mass is 32.2. The Morgan fingerprint density at radius 1 is 1.65 bits per heavy atom. The van der Waals surface area contributed by atoms with Crippen molar-refractivity contribution in [2.24, 2.45) is 0 Å². The summed E-state index contributed by atoms with van der Waals surface area (Å²) in [4.78, 5) is 13.8. The fourth-order valence-corrected chi connectivity index (χ4v) is 3.66. The van der Waals surface area contributed by atoms with E-state index in [1.54, 1.807) is 0 Å². The van der Waals surface area contributed by atoms with Crippen molar-refractivity contribution in [3.05, 3.63) is 5.56 Å². The number of nitrogens with zero attached hydrogens (tertiary/aromatic N) is 2. The molecule has 0 saturated carbocycles. The second-order valence-corrected chi connectivity index (χ2v) is 6.17. The van der Waals surface area contributed by atoms with E-state index in [2.05, 4.69) is 16.2 Å². The number of methoxy groups -OCH3 is 1. The van der Waals surface area contributed by atoms with Gasteiger partial charge in [-0.25, -0.2) is 4.79 Å². The highest BCUT2D eigenvalue weighted by Crippen LogP contribution is 2.33. The van der Waals surface area contributed by atoms with E-state index in [9.17, 15) is 4.79 Å². The molecule has 1 aliphatic heterocycles. The number of hydrogen-bond donors (Lipinski definition) is 1. The third-order valence-electron chi connectivity index (χ3n) is 2.62. The van der Waals surface area contributed by atoms with Gasteiger partial charge in [0.05, 0.1) is 7.11 Å². The Morgan fingerprint density at radius 3 is 3.06 bits per heavy atom. The average molecular weight is 273 g/mol.